The van der Waals surface area contributed by atoms with E-state index in [0.29, 0.717) is 26.3 Å². The van der Waals surface area contributed by atoms with Gasteiger partial charge >= 0.3 is 0 Å². The number of benzene rings is 1. The summed E-state index contributed by atoms with van der Waals surface area (Å²) in [5.41, 5.74) is 1.08. The zero-order valence-electron chi connectivity index (χ0n) is 12.5. The quantitative estimate of drug-likeness (QED) is 0.821. The first-order valence-corrected chi connectivity index (χ1v) is 7.27. The molecule has 1 aromatic rings. The van der Waals surface area contributed by atoms with Gasteiger partial charge in [0.2, 0.25) is 11.8 Å². The number of rotatable bonds is 2. The highest BCUT2D eigenvalue weighted by Crippen LogP contribution is 2.43. The summed E-state index contributed by atoms with van der Waals surface area (Å²) in [5, 5.41) is 0. The van der Waals surface area contributed by atoms with Crippen molar-refractivity contribution >= 4 is 17.5 Å². The Labute approximate surface area is 124 Å². The Bertz CT molecular complexity index is 581. The van der Waals surface area contributed by atoms with Crippen molar-refractivity contribution in [3.8, 4) is 0 Å². The third kappa shape index (κ3) is 2.21. The van der Waals surface area contributed by atoms with Crippen LogP contribution in [0.15, 0.2) is 24.3 Å². The number of carbonyl (C=O) groups is 2. The van der Waals surface area contributed by atoms with Crippen molar-refractivity contribution in [3.63, 3.8) is 0 Å². The lowest BCUT2D eigenvalue weighted by Crippen LogP contribution is -2.45. The van der Waals surface area contributed by atoms with Gasteiger partial charge in [-0.1, -0.05) is 18.2 Å². The maximum atomic E-state index is 12.6. The van der Waals surface area contributed by atoms with Crippen LogP contribution in [-0.2, 0) is 19.7 Å². The molecular formula is C16H20N2O3. The topological polar surface area (TPSA) is 49.9 Å². The van der Waals surface area contributed by atoms with Crippen LogP contribution in [0.3, 0.4) is 0 Å². The third-order valence-electron chi connectivity index (χ3n) is 4.51. The molecule has 0 saturated carbocycles. The SMILES string of the molecule is CN1C(=O)C(C)(CC(=O)N2CCOCC2)c2ccccc21. The Balaban J connectivity index is 1.86. The summed E-state index contributed by atoms with van der Waals surface area (Å²) in [6.45, 7) is 4.25. The molecule has 0 aliphatic carbocycles. The number of carbonyl (C=O) groups excluding carboxylic acids is 2. The van der Waals surface area contributed by atoms with Crippen LogP contribution in [0, 0.1) is 0 Å². The van der Waals surface area contributed by atoms with E-state index in [1.807, 2.05) is 31.2 Å². The van der Waals surface area contributed by atoms with Crippen molar-refractivity contribution in [1.29, 1.82) is 0 Å². The second-order valence-corrected chi connectivity index (χ2v) is 5.88. The van der Waals surface area contributed by atoms with Gasteiger partial charge in [-0.25, -0.2) is 0 Å². The summed E-state index contributed by atoms with van der Waals surface area (Å²) in [7, 11) is 1.77. The largest absolute Gasteiger partial charge is 0.378 e. The highest BCUT2D eigenvalue weighted by molar-refractivity contribution is 6.09. The highest BCUT2D eigenvalue weighted by Gasteiger charge is 2.47. The van der Waals surface area contributed by atoms with Crippen molar-refractivity contribution in [2.75, 3.05) is 38.3 Å². The van der Waals surface area contributed by atoms with Gasteiger partial charge in [0, 0.05) is 32.2 Å². The van der Waals surface area contributed by atoms with Crippen LogP contribution >= 0.6 is 0 Å². The Morgan fingerprint density at radius 2 is 1.95 bits per heavy atom. The molecule has 5 heteroatoms. The number of ether oxygens (including phenoxy) is 1. The molecule has 21 heavy (non-hydrogen) atoms. The van der Waals surface area contributed by atoms with Gasteiger partial charge in [-0.3, -0.25) is 9.59 Å². The summed E-state index contributed by atoms with van der Waals surface area (Å²) < 4.78 is 5.27. The first-order valence-electron chi connectivity index (χ1n) is 7.27. The van der Waals surface area contributed by atoms with E-state index in [-0.39, 0.29) is 18.2 Å². The van der Waals surface area contributed by atoms with Crippen molar-refractivity contribution in [2.24, 2.45) is 0 Å². The molecule has 1 unspecified atom stereocenters. The first kappa shape index (κ1) is 14.1. The van der Waals surface area contributed by atoms with Crippen LogP contribution in [-0.4, -0.2) is 50.1 Å². The molecule has 1 fully saturated rings. The Morgan fingerprint density at radius 1 is 1.29 bits per heavy atom. The number of amides is 2. The Hall–Kier alpha value is -1.88. The van der Waals surface area contributed by atoms with Gasteiger partial charge in [0.05, 0.1) is 18.6 Å². The minimum atomic E-state index is -0.763. The second kappa shape index (κ2) is 5.15. The van der Waals surface area contributed by atoms with Gasteiger partial charge in [-0.05, 0) is 18.6 Å². The van der Waals surface area contributed by atoms with Gasteiger partial charge in [0.25, 0.3) is 0 Å². The van der Waals surface area contributed by atoms with Crippen LogP contribution in [0.25, 0.3) is 0 Å². The minimum absolute atomic E-state index is 0.00897. The molecule has 1 aromatic carbocycles. The Kier molecular flexibility index (Phi) is 3.45. The number of hydrogen-bond acceptors (Lipinski definition) is 3. The van der Waals surface area contributed by atoms with Crippen molar-refractivity contribution in [1.82, 2.24) is 4.90 Å². The van der Waals surface area contributed by atoms with E-state index >= 15 is 0 Å². The van der Waals surface area contributed by atoms with Crippen LogP contribution in [0.5, 0.6) is 0 Å². The number of fused-ring (bicyclic) bond motifs is 1. The maximum Gasteiger partial charge on any atom is 0.237 e. The van der Waals surface area contributed by atoms with Crippen LogP contribution in [0.1, 0.15) is 18.9 Å². The average Bonchev–Trinajstić information content (AvgIpc) is 2.71. The predicted molar refractivity (Wildman–Crippen MR) is 79.2 cm³/mol. The molecule has 2 aliphatic rings. The predicted octanol–water partition coefficient (Wildman–Crippen LogP) is 1.17. The molecule has 1 atom stereocenters. The highest BCUT2D eigenvalue weighted by atomic mass is 16.5. The molecule has 0 spiro atoms. The van der Waals surface area contributed by atoms with E-state index in [1.54, 1.807) is 16.8 Å². The fourth-order valence-electron chi connectivity index (χ4n) is 3.23. The first-order chi connectivity index (χ1) is 10.0. The molecule has 112 valence electrons. The lowest BCUT2D eigenvalue weighted by molar-refractivity contribution is -0.139. The molecule has 5 nitrogen and oxygen atoms in total. The lowest BCUT2D eigenvalue weighted by Gasteiger charge is -2.30. The molecule has 3 rings (SSSR count). The smallest absolute Gasteiger partial charge is 0.237 e. The van der Waals surface area contributed by atoms with E-state index < -0.39 is 5.41 Å². The average molecular weight is 288 g/mol. The van der Waals surface area contributed by atoms with Crippen molar-refractivity contribution in [3.05, 3.63) is 29.8 Å². The number of morpholine rings is 1. The molecule has 2 heterocycles. The van der Waals surface area contributed by atoms with Crippen molar-refractivity contribution in [2.45, 2.75) is 18.8 Å². The van der Waals surface area contributed by atoms with Gasteiger partial charge in [0.1, 0.15) is 0 Å². The van der Waals surface area contributed by atoms with E-state index in [2.05, 4.69) is 0 Å². The zero-order chi connectivity index (χ0) is 15.0. The number of nitrogens with zero attached hydrogens (tertiary/aromatic N) is 2. The zero-order valence-corrected chi connectivity index (χ0v) is 12.5. The van der Waals surface area contributed by atoms with E-state index in [1.165, 1.54) is 0 Å². The van der Waals surface area contributed by atoms with Crippen LogP contribution in [0.4, 0.5) is 5.69 Å². The summed E-state index contributed by atoms with van der Waals surface area (Å²) >= 11 is 0. The minimum Gasteiger partial charge on any atom is -0.378 e. The normalized spacial score (nSPS) is 25.1. The lowest BCUT2D eigenvalue weighted by atomic mass is 9.80. The number of anilines is 1. The molecule has 0 N–H and O–H groups in total. The monoisotopic (exact) mass is 288 g/mol. The fourth-order valence-corrected chi connectivity index (χ4v) is 3.23. The molecule has 0 radical (unpaired) electrons. The summed E-state index contributed by atoms with van der Waals surface area (Å²) in [6.07, 6.45) is 0.215. The Morgan fingerprint density at radius 3 is 2.67 bits per heavy atom. The number of likely N-dealkylation sites (N-methyl/N-ethyl adjacent to an activating group) is 1. The van der Waals surface area contributed by atoms with Crippen molar-refractivity contribution < 1.29 is 14.3 Å². The van der Waals surface area contributed by atoms with Crippen LogP contribution in [0.2, 0.25) is 0 Å². The van der Waals surface area contributed by atoms with Gasteiger partial charge in [-0.15, -0.1) is 0 Å². The van der Waals surface area contributed by atoms with E-state index in [0.717, 1.165) is 11.3 Å². The number of para-hydroxylation sites is 1. The summed E-state index contributed by atoms with van der Waals surface area (Å²) in [5.74, 6) is 0.0181. The summed E-state index contributed by atoms with van der Waals surface area (Å²) in [6, 6.07) is 7.71. The third-order valence-corrected chi connectivity index (χ3v) is 4.51. The van der Waals surface area contributed by atoms with Crippen LogP contribution < -0.4 is 4.90 Å². The van der Waals surface area contributed by atoms with E-state index in [9.17, 15) is 9.59 Å². The van der Waals surface area contributed by atoms with Gasteiger partial charge in [0.15, 0.2) is 0 Å². The van der Waals surface area contributed by atoms with E-state index in [4.69, 9.17) is 4.74 Å². The molecule has 1 saturated heterocycles. The fraction of sp³-hybridized carbons (Fsp3) is 0.500. The molecule has 0 bridgehead atoms. The van der Waals surface area contributed by atoms with Gasteiger partial charge in [-0.2, -0.15) is 0 Å². The maximum absolute atomic E-state index is 12.6. The molecule has 0 aromatic heterocycles. The molecule has 2 amide bonds. The number of hydrogen-bond donors (Lipinski definition) is 0. The molecular weight excluding hydrogens is 268 g/mol. The standard InChI is InChI=1S/C16H20N2O3/c1-16(11-14(19)18-7-9-21-10-8-18)12-5-3-4-6-13(12)17(2)15(16)20/h3-6H,7-11H2,1-2H3. The van der Waals surface area contributed by atoms with Gasteiger partial charge < -0.3 is 14.5 Å². The molecule has 2 aliphatic heterocycles. The second-order valence-electron chi connectivity index (χ2n) is 5.88. The summed E-state index contributed by atoms with van der Waals surface area (Å²) in [4.78, 5) is 28.6.